The van der Waals surface area contributed by atoms with Crippen molar-refractivity contribution in [3.8, 4) is 0 Å². The number of hydrogen-bond acceptors (Lipinski definition) is 6. The van der Waals surface area contributed by atoms with E-state index in [-0.39, 0.29) is 36.2 Å². The number of pyridine rings is 1. The zero-order valence-corrected chi connectivity index (χ0v) is 13.8. The first kappa shape index (κ1) is 17.7. The maximum atomic E-state index is 13.9. The molecule has 0 amide bonds. The van der Waals surface area contributed by atoms with Crippen LogP contribution >= 0.6 is 12.4 Å². The number of hydrogen-bond donors (Lipinski definition) is 1. The van der Waals surface area contributed by atoms with Crippen LogP contribution < -0.4 is 5.73 Å². The Balaban J connectivity index is 0.00000192. The summed E-state index contributed by atoms with van der Waals surface area (Å²) in [7, 11) is -2.22. The summed E-state index contributed by atoms with van der Waals surface area (Å²) in [5, 5.41) is 7.10. The van der Waals surface area contributed by atoms with Gasteiger partial charge in [-0.15, -0.1) is 17.5 Å². The average Bonchev–Trinajstić information content (AvgIpc) is 3.06. The van der Waals surface area contributed by atoms with Crippen LogP contribution in [0.1, 0.15) is 11.6 Å². The predicted molar refractivity (Wildman–Crippen MR) is 81.9 cm³/mol. The summed E-state index contributed by atoms with van der Waals surface area (Å²) in [6.07, 6.45) is 2.78. The number of aryl methyl sites for hydroxylation is 1. The molecule has 3 heterocycles. The maximum absolute atomic E-state index is 13.9. The van der Waals surface area contributed by atoms with Crippen molar-refractivity contribution in [3.63, 3.8) is 0 Å². The third kappa shape index (κ3) is 3.20. The highest BCUT2D eigenvalue weighted by atomic mass is 35.5. The van der Waals surface area contributed by atoms with E-state index in [4.69, 9.17) is 5.73 Å². The molecule has 1 aliphatic rings. The van der Waals surface area contributed by atoms with Crippen LogP contribution in [0.2, 0.25) is 0 Å². The van der Waals surface area contributed by atoms with E-state index in [0.717, 1.165) is 0 Å². The first-order chi connectivity index (χ1) is 10.4. The second-order valence-electron chi connectivity index (χ2n) is 5.19. The van der Waals surface area contributed by atoms with Crippen molar-refractivity contribution in [2.45, 2.75) is 17.0 Å². The van der Waals surface area contributed by atoms with Gasteiger partial charge in [-0.2, -0.15) is 4.31 Å². The minimum Gasteiger partial charge on any atom is -0.326 e. The van der Waals surface area contributed by atoms with Gasteiger partial charge in [0.15, 0.2) is 0 Å². The normalized spacial score (nSPS) is 22.0. The van der Waals surface area contributed by atoms with Crippen LogP contribution in [-0.2, 0) is 17.1 Å². The highest BCUT2D eigenvalue weighted by molar-refractivity contribution is 7.89. The van der Waals surface area contributed by atoms with E-state index in [2.05, 4.69) is 15.3 Å². The van der Waals surface area contributed by atoms with Crippen molar-refractivity contribution >= 4 is 22.4 Å². The highest BCUT2D eigenvalue weighted by Gasteiger charge is 2.41. The van der Waals surface area contributed by atoms with E-state index < -0.39 is 27.8 Å². The van der Waals surface area contributed by atoms with Gasteiger partial charge in [-0.25, -0.2) is 12.8 Å². The van der Waals surface area contributed by atoms with E-state index >= 15 is 0 Å². The van der Waals surface area contributed by atoms with Gasteiger partial charge in [0.1, 0.15) is 5.82 Å². The second kappa shape index (κ2) is 6.48. The molecule has 2 aromatic heterocycles. The van der Waals surface area contributed by atoms with Crippen LogP contribution in [0.4, 0.5) is 4.39 Å². The molecule has 23 heavy (non-hydrogen) atoms. The number of nitrogens with two attached hydrogens (primary N) is 1. The first-order valence-electron chi connectivity index (χ1n) is 6.62. The zero-order valence-electron chi connectivity index (χ0n) is 12.2. The average molecular weight is 363 g/mol. The maximum Gasteiger partial charge on any atom is 0.264 e. The van der Waals surface area contributed by atoms with Gasteiger partial charge in [0, 0.05) is 38.3 Å². The van der Waals surface area contributed by atoms with E-state index in [1.807, 2.05) is 0 Å². The molecule has 3 rings (SSSR count). The Morgan fingerprint density at radius 1 is 1.39 bits per heavy atom. The summed E-state index contributed by atoms with van der Waals surface area (Å²) >= 11 is 0. The number of aromatic nitrogens is 4. The van der Waals surface area contributed by atoms with Crippen LogP contribution in [-0.4, -0.2) is 51.8 Å². The van der Waals surface area contributed by atoms with Crippen LogP contribution in [0, 0.1) is 5.82 Å². The van der Waals surface area contributed by atoms with Gasteiger partial charge < -0.3 is 5.73 Å². The molecule has 1 aliphatic heterocycles. The lowest BCUT2D eigenvalue weighted by Gasteiger charge is -2.14. The summed E-state index contributed by atoms with van der Waals surface area (Å²) in [6.45, 7) is 0.146. The fourth-order valence-corrected chi connectivity index (χ4v) is 3.94. The molecule has 0 aromatic carbocycles. The minimum absolute atomic E-state index is 0. The fourth-order valence-electron chi connectivity index (χ4n) is 2.52. The molecular formula is C12H16ClFN6O2S. The van der Waals surface area contributed by atoms with Crippen LogP contribution in [0.3, 0.4) is 0 Å². The Kier molecular flexibility index (Phi) is 4.99. The van der Waals surface area contributed by atoms with Gasteiger partial charge in [-0.1, -0.05) is 5.21 Å². The molecule has 8 nitrogen and oxygen atoms in total. The predicted octanol–water partition coefficient (Wildman–Crippen LogP) is -0.114. The van der Waals surface area contributed by atoms with Crippen molar-refractivity contribution in [1.29, 1.82) is 0 Å². The summed E-state index contributed by atoms with van der Waals surface area (Å²) < 4.78 is 41.3. The number of nitrogens with zero attached hydrogens (tertiary/aromatic N) is 5. The molecule has 11 heteroatoms. The van der Waals surface area contributed by atoms with Crippen molar-refractivity contribution < 1.29 is 12.8 Å². The largest absolute Gasteiger partial charge is 0.326 e. The lowest BCUT2D eigenvalue weighted by atomic mass is 9.99. The number of sulfonamides is 1. The summed E-state index contributed by atoms with van der Waals surface area (Å²) in [6, 6.07) is 2.23. The van der Waals surface area contributed by atoms with Crippen molar-refractivity contribution in [3.05, 3.63) is 36.0 Å². The van der Waals surface area contributed by atoms with E-state index in [1.165, 1.54) is 33.5 Å². The zero-order chi connectivity index (χ0) is 15.9. The Bertz CT molecular complexity index is 798. The number of halogens is 2. The fraction of sp³-hybridized carbons (Fsp3) is 0.417. The van der Waals surface area contributed by atoms with Crippen LogP contribution in [0.5, 0.6) is 0 Å². The highest BCUT2D eigenvalue weighted by Crippen LogP contribution is 2.30. The lowest BCUT2D eigenvalue weighted by molar-refractivity contribution is 0.465. The lowest BCUT2D eigenvalue weighted by Crippen LogP contribution is -2.32. The third-order valence-corrected chi connectivity index (χ3v) is 5.35. The van der Waals surface area contributed by atoms with Gasteiger partial charge in [0.05, 0.1) is 11.9 Å². The van der Waals surface area contributed by atoms with E-state index in [9.17, 15) is 12.8 Å². The topological polar surface area (TPSA) is 107 Å². The van der Waals surface area contributed by atoms with Gasteiger partial charge in [-0.05, 0) is 12.1 Å². The Hall–Kier alpha value is -1.62. The van der Waals surface area contributed by atoms with Gasteiger partial charge in [0.25, 0.3) is 10.0 Å². The monoisotopic (exact) mass is 362 g/mol. The van der Waals surface area contributed by atoms with Crippen LogP contribution in [0.25, 0.3) is 0 Å². The second-order valence-corrected chi connectivity index (χ2v) is 7.08. The summed E-state index contributed by atoms with van der Waals surface area (Å²) in [5.41, 5.74) is 6.18. The van der Waals surface area contributed by atoms with Crippen LogP contribution in [0.15, 0.2) is 29.6 Å². The smallest absolute Gasteiger partial charge is 0.264 e. The third-order valence-electron chi connectivity index (χ3n) is 3.66. The number of rotatable bonds is 3. The molecule has 2 N–H and O–H groups in total. The first-order valence-corrected chi connectivity index (χ1v) is 8.06. The van der Waals surface area contributed by atoms with Crippen molar-refractivity contribution in [1.82, 2.24) is 24.3 Å². The Morgan fingerprint density at radius 2 is 2.13 bits per heavy atom. The van der Waals surface area contributed by atoms with Gasteiger partial charge >= 0.3 is 0 Å². The quantitative estimate of drug-likeness (QED) is 0.816. The molecule has 0 radical (unpaired) electrons. The van der Waals surface area contributed by atoms with Crippen molar-refractivity contribution in [2.24, 2.45) is 12.8 Å². The standard InChI is InChI=1S/C12H15FN6O2S.ClH/c1-18-7-11(16-17-18)22(20,21)19-5-8(10(14)6-19)12-9(13)3-2-4-15-12;/h2-4,7-8,10H,5-6,14H2,1H3;1H. The molecule has 1 saturated heterocycles. The molecule has 2 unspecified atom stereocenters. The van der Waals surface area contributed by atoms with Gasteiger partial charge in [0.2, 0.25) is 5.03 Å². The van der Waals surface area contributed by atoms with E-state index in [1.54, 1.807) is 7.05 Å². The molecule has 126 valence electrons. The summed E-state index contributed by atoms with van der Waals surface area (Å²) in [5.74, 6) is -0.977. The SMILES string of the molecule is Cl.Cn1cc(S(=O)(=O)N2CC(N)C(c3ncccc3F)C2)nn1. The summed E-state index contributed by atoms with van der Waals surface area (Å²) in [4.78, 5) is 4.00. The molecule has 0 bridgehead atoms. The Labute approximate surface area is 139 Å². The molecule has 0 saturated carbocycles. The molecular weight excluding hydrogens is 347 g/mol. The van der Waals surface area contributed by atoms with E-state index in [0.29, 0.717) is 0 Å². The molecule has 0 aliphatic carbocycles. The molecule has 2 atom stereocenters. The molecule has 1 fully saturated rings. The molecule has 0 spiro atoms. The van der Waals surface area contributed by atoms with Crippen molar-refractivity contribution in [2.75, 3.05) is 13.1 Å². The molecule has 2 aromatic rings. The minimum atomic E-state index is -3.80. The Morgan fingerprint density at radius 3 is 2.74 bits per heavy atom. The van der Waals surface area contributed by atoms with Gasteiger partial charge in [-0.3, -0.25) is 9.67 Å².